The molecule has 152 valence electrons. The summed E-state index contributed by atoms with van der Waals surface area (Å²) in [6.07, 6.45) is 0. The highest BCUT2D eigenvalue weighted by molar-refractivity contribution is 7.96. The number of nitrogens with one attached hydrogen (secondary N) is 1. The zero-order chi connectivity index (χ0) is 20.4. The average Bonchev–Trinajstić information content (AvgIpc) is 2.91. The first-order valence-electron chi connectivity index (χ1n) is 8.41. The van der Waals surface area contributed by atoms with Gasteiger partial charge in [0.25, 0.3) is 7.59 Å². The summed E-state index contributed by atoms with van der Waals surface area (Å²) in [5.41, 5.74) is -4.12. The largest absolute Gasteiger partial charge is 0.511 e. The van der Waals surface area contributed by atoms with Crippen molar-refractivity contribution >= 4 is 17.6 Å². The van der Waals surface area contributed by atoms with E-state index in [1.165, 1.54) is 13.8 Å². The second kappa shape index (κ2) is 7.96. The van der Waals surface area contributed by atoms with Crippen LogP contribution in [-0.2, 0) is 27.7 Å². The number of rotatable bonds is 6. The summed E-state index contributed by atoms with van der Waals surface area (Å²) in [4.78, 5) is 0. The van der Waals surface area contributed by atoms with E-state index in [1.807, 2.05) is 0 Å². The Labute approximate surface area is 161 Å². The maximum atomic E-state index is 13.6. The Hall–Kier alpha value is -1.71. The van der Waals surface area contributed by atoms with Crippen LogP contribution in [-0.4, -0.2) is 36.4 Å². The molecule has 0 unspecified atom stereocenters. The van der Waals surface area contributed by atoms with Gasteiger partial charge in [-0.3, -0.25) is 4.57 Å². The van der Waals surface area contributed by atoms with Crippen molar-refractivity contribution < 1.29 is 26.2 Å². The van der Waals surface area contributed by atoms with E-state index in [0.717, 1.165) is 11.1 Å². The summed E-state index contributed by atoms with van der Waals surface area (Å²) in [6, 6.07) is 17.5. The van der Waals surface area contributed by atoms with Gasteiger partial charge < -0.3 is 0 Å². The predicted molar refractivity (Wildman–Crippen MR) is 99.4 cm³/mol. The first kappa shape index (κ1) is 21.0. The van der Waals surface area contributed by atoms with Crippen molar-refractivity contribution in [3.63, 3.8) is 0 Å². The molecule has 3 rings (SSSR count). The number of sulfonamides is 1. The van der Waals surface area contributed by atoms with Crippen LogP contribution in [0.25, 0.3) is 0 Å². The molecule has 0 saturated carbocycles. The molecule has 1 aliphatic heterocycles. The molecule has 1 heterocycles. The molecule has 0 radical (unpaired) electrons. The summed E-state index contributed by atoms with van der Waals surface area (Å²) in [5.74, 6) is 0. The summed E-state index contributed by atoms with van der Waals surface area (Å²) < 4.78 is 80.0. The Kier molecular flexibility index (Phi) is 5.97. The highest BCUT2D eigenvalue weighted by atomic mass is 32.2. The molecule has 11 heteroatoms. The monoisotopic (exact) mass is 433 g/mol. The maximum absolute atomic E-state index is 13.6. The van der Waals surface area contributed by atoms with Crippen LogP contribution in [0.4, 0.5) is 13.2 Å². The predicted octanol–water partition coefficient (Wildman–Crippen LogP) is 3.55. The van der Waals surface area contributed by atoms with Crippen molar-refractivity contribution in [1.82, 2.24) is 13.8 Å². The lowest BCUT2D eigenvalue weighted by Crippen LogP contribution is -2.40. The molecule has 1 fully saturated rings. The van der Waals surface area contributed by atoms with E-state index < -0.39 is 23.1 Å². The number of hydrogen-bond donors (Lipinski definition) is 1. The van der Waals surface area contributed by atoms with Gasteiger partial charge in [0.15, 0.2) is 0 Å². The third-order valence-corrected chi connectivity index (χ3v) is 9.08. The normalized spacial score (nSPS) is 18.4. The maximum Gasteiger partial charge on any atom is 0.511 e. The zero-order valence-corrected chi connectivity index (χ0v) is 16.4. The molecule has 1 N–H and O–H groups in total. The Morgan fingerprint density at radius 2 is 1.25 bits per heavy atom. The van der Waals surface area contributed by atoms with Crippen molar-refractivity contribution in [2.45, 2.75) is 18.6 Å². The van der Waals surface area contributed by atoms with E-state index in [-0.39, 0.29) is 26.2 Å². The average molecular weight is 433 g/mol. The van der Waals surface area contributed by atoms with Gasteiger partial charge in [0.2, 0.25) is 0 Å². The topological polar surface area (TPSA) is 69.7 Å². The van der Waals surface area contributed by atoms with Crippen LogP contribution in [0.3, 0.4) is 0 Å². The molecule has 2 aromatic rings. The van der Waals surface area contributed by atoms with Gasteiger partial charge in [-0.25, -0.2) is 17.8 Å². The second-order valence-electron chi connectivity index (χ2n) is 6.33. The van der Waals surface area contributed by atoms with Gasteiger partial charge >= 0.3 is 15.5 Å². The lowest BCUT2D eigenvalue weighted by atomic mass is 10.2. The lowest BCUT2D eigenvalue weighted by molar-refractivity contribution is -0.0442. The number of alkyl halides is 3. The standard InChI is InChI=1S/C17H19F3N3O3PS/c18-17(19,20)28(25,26)21-27(24)22(13-15-7-3-1-4-8-15)11-12-23(27)14-16-9-5-2-6-10-16/h1-10H,11-14H2,(H,21,24). The zero-order valence-electron chi connectivity index (χ0n) is 14.7. The molecular formula is C17H19F3N3O3PS. The molecule has 0 amide bonds. The van der Waals surface area contributed by atoms with Gasteiger partial charge in [-0.15, -0.1) is 4.49 Å². The van der Waals surface area contributed by atoms with E-state index >= 15 is 0 Å². The first-order chi connectivity index (χ1) is 13.1. The van der Waals surface area contributed by atoms with Crippen LogP contribution >= 0.6 is 7.59 Å². The molecule has 0 aromatic heterocycles. The minimum absolute atomic E-state index is 0.0593. The third kappa shape index (κ3) is 4.47. The van der Waals surface area contributed by atoms with Crippen LogP contribution in [0, 0.1) is 0 Å². The minimum Gasteiger partial charge on any atom is -0.269 e. The van der Waals surface area contributed by atoms with E-state index in [9.17, 15) is 26.2 Å². The number of hydrogen-bond acceptors (Lipinski definition) is 3. The SMILES string of the molecule is O=P1(NS(=O)(=O)C(F)(F)F)N(Cc2ccccc2)CCN1Cc1ccccc1. The Morgan fingerprint density at radius 3 is 1.61 bits per heavy atom. The highest BCUT2D eigenvalue weighted by Crippen LogP contribution is 2.56. The fourth-order valence-electron chi connectivity index (χ4n) is 2.94. The summed E-state index contributed by atoms with van der Waals surface area (Å²) in [7, 11) is -10.0. The van der Waals surface area contributed by atoms with Crippen molar-refractivity contribution in [3.8, 4) is 0 Å². The fraction of sp³-hybridized carbons (Fsp3) is 0.294. The summed E-state index contributed by atoms with van der Waals surface area (Å²) in [5, 5.41) is 0. The van der Waals surface area contributed by atoms with E-state index in [1.54, 1.807) is 60.7 Å². The molecule has 0 aliphatic carbocycles. The second-order valence-corrected chi connectivity index (χ2v) is 10.8. The summed E-state index contributed by atoms with van der Waals surface area (Å²) in [6.45, 7) is 0.451. The van der Waals surface area contributed by atoms with Crippen LogP contribution < -0.4 is 4.49 Å². The van der Waals surface area contributed by atoms with Crippen molar-refractivity contribution in [3.05, 3.63) is 71.8 Å². The Morgan fingerprint density at radius 1 is 0.857 bits per heavy atom. The van der Waals surface area contributed by atoms with Gasteiger partial charge in [0.1, 0.15) is 0 Å². The molecule has 6 nitrogen and oxygen atoms in total. The van der Waals surface area contributed by atoms with Gasteiger partial charge in [0, 0.05) is 26.2 Å². The van der Waals surface area contributed by atoms with Crippen molar-refractivity contribution in [2.75, 3.05) is 13.1 Å². The molecular weight excluding hydrogens is 414 g/mol. The molecule has 2 aromatic carbocycles. The Bertz CT molecular complexity index is 902. The molecule has 1 aliphatic rings. The Balaban J connectivity index is 1.93. The van der Waals surface area contributed by atoms with Gasteiger partial charge in [0.05, 0.1) is 0 Å². The van der Waals surface area contributed by atoms with Crippen LogP contribution in [0.1, 0.15) is 11.1 Å². The lowest BCUT2D eigenvalue weighted by Gasteiger charge is -2.30. The molecule has 0 atom stereocenters. The first-order valence-corrected chi connectivity index (χ1v) is 11.5. The fourth-order valence-corrected chi connectivity index (χ4v) is 7.32. The highest BCUT2D eigenvalue weighted by Gasteiger charge is 2.54. The van der Waals surface area contributed by atoms with E-state index in [2.05, 4.69) is 0 Å². The molecule has 28 heavy (non-hydrogen) atoms. The van der Waals surface area contributed by atoms with Crippen LogP contribution in [0.2, 0.25) is 0 Å². The van der Waals surface area contributed by atoms with Crippen LogP contribution in [0.5, 0.6) is 0 Å². The molecule has 1 saturated heterocycles. The summed E-state index contributed by atoms with van der Waals surface area (Å²) >= 11 is 0. The number of halogens is 3. The quantitative estimate of drug-likeness (QED) is 0.706. The molecule has 0 bridgehead atoms. The smallest absolute Gasteiger partial charge is 0.269 e. The van der Waals surface area contributed by atoms with Gasteiger partial charge in [-0.1, -0.05) is 60.7 Å². The van der Waals surface area contributed by atoms with Gasteiger partial charge in [-0.05, 0) is 11.1 Å². The van der Waals surface area contributed by atoms with Crippen molar-refractivity contribution in [1.29, 1.82) is 0 Å². The van der Waals surface area contributed by atoms with Gasteiger partial charge in [-0.2, -0.15) is 13.2 Å². The van der Waals surface area contributed by atoms with E-state index in [0.29, 0.717) is 0 Å². The van der Waals surface area contributed by atoms with Crippen molar-refractivity contribution in [2.24, 2.45) is 0 Å². The number of benzene rings is 2. The molecule has 0 spiro atoms. The van der Waals surface area contributed by atoms with Crippen LogP contribution in [0.15, 0.2) is 60.7 Å². The van der Waals surface area contributed by atoms with E-state index in [4.69, 9.17) is 0 Å². The third-order valence-electron chi connectivity index (χ3n) is 4.34. The number of nitrogens with zero attached hydrogens (tertiary/aromatic N) is 2. The minimum atomic E-state index is -5.79.